The molecular formula is C30H35N3O3. The zero-order valence-electron chi connectivity index (χ0n) is 21.0. The number of benzene rings is 2. The first-order valence-corrected chi connectivity index (χ1v) is 12.8. The van der Waals surface area contributed by atoms with Gasteiger partial charge in [0.15, 0.2) is 0 Å². The number of piperidine rings is 1. The van der Waals surface area contributed by atoms with Gasteiger partial charge in [-0.3, -0.25) is 14.6 Å². The molecule has 3 aromatic rings. The first kappa shape index (κ1) is 25.4. The summed E-state index contributed by atoms with van der Waals surface area (Å²) in [7, 11) is 0. The highest BCUT2D eigenvalue weighted by Gasteiger charge is 2.31. The third-order valence-corrected chi connectivity index (χ3v) is 6.66. The predicted octanol–water partition coefficient (Wildman–Crippen LogP) is 4.88. The number of carbonyl (C=O) groups excluding carboxylic acids is 2. The van der Waals surface area contributed by atoms with Crippen LogP contribution in [0.4, 0.5) is 0 Å². The largest absolute Gasteiger partial charge is 0.493 e. The van der Waals surface area contributed by atoms with E-state index in [0.29, 0.717) is 39.2 Å². The molecule has 188 valence electrons. The normalized spacial score (nSPS) is 15.4. The number of rotatable bonds is 10. The molecule has 0 N–H and O–H groups in total. The summed E-state index contributed by atoms with van der Waals surface area (Å²) in [5.74, 6) is 0.688. The number of hydrogen-bond donors (Lipinski definition) is 0. The molecule has 2 heterocycles. The fourth-order valence-electron chi connectivity index (χ4n) is 4.62. The van der Waals surface area contributed by atoms with Gasteiger partial charge in [-0.05, 0) is 54.2 Å². The molecule has 1 fully saturated rings. The van der Waals surface area contributed by atoms with E-state index in [0.717, 1.165) is 36.1 Å². The molecule has 0 bridgehead atoms. The lowest BCUT2D eigenvalue weighted by Gasteiger charge is -2.35. The van der Waals surface area contributed by atoms with E-state index in [9.17, 15) is 9.59 Å². The molecule has 0 aliphatic carbocycles. The second-order valence-electron chi connectivity index (χ2n) is 9.32. The van der Waals surface area contributed by atoms with Gasteiger partial charge in [0.2, 0.25) is 11.8 Å². The van der Waals surface area contributed by atoms with Gasteiger partial charge >= 0.3 is 0 Å². The van der Waals surface area contributed by atoms with E-state index in [1.807, 2.05) is 58.5 Å². The lowest BCUT2D eigenvalue weighted by molar-refractivity contribution is -0.142. The van der Waals surface area contributed by atoms with Crippen molar-refractivity contribution in [2.75, 3.05) is 19.7 Å². The van der Waals surface area contributed by atoms with Gasteiger partial charge in [0.25, 0.3) is 0 Å². The Morgan fingerprint density at radius 1 is 0.972 bits per heavy atom. The van der Waals surface area contributed by atoms with Crippen LogP contribution in [-0.2, 0) is 29.1 Å². The molecule has 1 aliphatic heterocycles. The summed E-state index contributed by atoms with van der Waals surface area (Å²) in [5.41, 5.74) is 3.38. The number of aryl methyl sites for hydroxylation is 1. The van der Waals surface area contributed by atoms with Crippen molar-refractivity contribution < 1.29 is 14.3 Å². The van der Waals surface area contributed by atoms with Crippen LogP contribution in [0.2, 0.25) is 0 Å². The van der Waals surface area contributed by atoms with Crippen molar-refractivity contribution in [2.45, 2.75) is 45.7 Å². The molecule has 4 rings (SSSR count). The highest BCUT2D eigenvalue weighted by molar-refractivity contribution is 5.81. The van der Waals surface area contributed by atoms with Crippen molar-refractivity contribution >= 4 is 11.8 Å². The lowest BCUT2D eigenvalue weighted by Crippen LogP contribution is -2.46. The van der Waals surface area contributed by atoms with E-state index in [2.05, 4.69) is 36.2 Å². The number of ether oxygens (including phenoxy) is 1. The van der Waals surface area contributed by atoms with Gasteiger partial charge in [0.05, 0.1) is 18.9 Å². The second kappa shape index (κ2) is 12.9. The minimum absolute atomic E-state index is 0.0393. The van der Waals surface area contributed by atoms with Crippen LogP contribution in [-0.4, -0.2) is 46.3 Å². The fraction of sp³-hybridized carbons (Fsp3) is 0.367. The van der Waals surface area contributed by atoms with E-state index in [1.54, 1.807) is 6.20 Å². The van der Waals surface area contributed by atoms with Crippen LogP contribution in [0.3, 0.4) is 0 Å². The number of para-hydroxylation sites is 1. The third kappa shape index (κ3) is 7.17. The maximum Gasteiger partial charge on any atom is 0.228 e. The van der Waals surface area contributed by atoms with E-state index in [1.165, 1.54) is 5.56 Å². The Balaban J connectivity index is 1.39. The van der Waals surface area contributed by atoms with Gasteiger partial charge in [-0.2, -0.15) is 0 Å². The van der Waals surface area contributed by atoms with Gasteiger partial charge in [0.1, 0.15) is 5.75 Å². The van der Waals surface area contributed by atoms with E-state index < -0.39 is 0 Å². The molecule has 0 saturated carbocycles. The Morgan fingerprint density at radius 3 is 2.44 bits per heavy atom. The fourth-order valence-corrected chi connectivity index (χ4v) is 4.62. The maximum atomic E-state index is 13.7. The topological polar surface area (TPSA) is 62.7 Å². The molecule has 0 radical (unpaired) electrons. The van der Waals surface area contributed by atoms with Crippen molar-refractivity contribution in [3.8, 4) is 5.75 Å². The highest BCUT2D eigenvalue weighted by Crippen LogP contribution is 2.22. The van der Waals surface area contributed by atoms with Gasteiger partial charge in [0, 0.05) is 38.6 Å². The molecule has 1 saturated heterocycles. The molecule has 36 heavy (non-hydrogen) atoms. The molecule has 2 aromatic carbocycles. The average Bonchev–Trinajstić information content (AvgIpc) is 2.94. The van der Waals surface area contributed by atoms with Crippen LogP contribution in [0.1, 0.15) is 42.9 Å². The Bertz CT molecular complexity index is 1100. The summed E-state index contributed by atoms with van der Waals surface area (Å²) in [6, 6.07) is 21.9. The first-order valence-electron chi connectivity index (χ1n) is 12.8. The molecular weight excluding hydrogens is 450 g/mol. The predicted molar refractivity (Wildman–Crippen MR) is 140 cm³/mol. The molecule has 1 atom stereocenters. The maximum absolute atomic E-state index is 13.7. The van der Waals surface area contributed by atoms with E-state index >= 15 is 0 Å². The van der Waals surface area contributed by atoms with Crippen LogP contribution >= 0.6 is 0 Å². The summed E-state index contributed by atoms with van der Waals surface area (Å²) >= 11 is 0. The van der Waals surface area contributed by atoms with Gasteiger partial charge in [-0.25, -0.2) is 0 Å². The van der Waals surface area contributed by atoms with Crippen molar-refractivity contribution in [3.63, 3.8) is 0 Å². The summed E-state index contributed by atoms with van der Waals surface area (Å²) in [5, 5.41) is 0. The number of amides is 2. The van der Waals surface area contributed by atoms with E-state index in [4.69, 9.17) is 4.74 Å². The SMILES string of the molecule is CCc1ccc(CN(Cc2cccnc2)C(=O)C2CCCN(C(=O)CCOc3ccccc3)C2)cc1. The monoisotopic (exact) mass is 485 g/mol. The Hall–Kier alpha value is -3.67. The summed E-state index contributed by atoms with van der Waals surface area (Å²) in [4.78, 5) is 34.6. The zero-order chi connectivity index (χ0) is 25.2. The standard InChI is InChI=1S/C30H35N3O3/c1-2-24-12-14-25(15-13-24)21-33(22-26-8-6-17-31-20-26)30(35)27-9-7-18-32(23-27)29(34)16-19-36-28-10-4-3-5-11-28/h3-6,8,10-15,17,20,27H,2,7,9,16,18-19,21-23H2,1H3. The van der Waals surface area contributed by atoms with Crippen LogP contribution in [0.15, 0.2) is 79.1 Å². The molecule has 0 spiro atoms. The molecule has 1 unspecified atom stereocenters. The molecule has 1 aliphatic rings. The van der Waals surface area contributed by atoms with Crippen LogP contribution < -0.4 is 4.74 Å². The minimum Gasteiger partial charge on any atom is -0.493 e. The van der Waals surface area contributed by atoms with Crippen LogP contribution in [0, 0.1) is 5.92 Å². The van der Waals surface area contributed by atoms with Crippen molar-refractivity contribution in [1.82, 2.24) is 14.8 Å². The third-order valence-electron chi connectivity index (χ3n) is 6.66. The summed E-state index contributed by atoms with van der Waals surface area (Å²) < 4.78 is 5.70. The quantitative estimate of drug-likeness (QED) is 0.411. The second-order valence-corrected chi connectivity index (χ2v) is 9.32. The Labute approximate surface area is 213 Å². The zero-order valence-corrected chi connectivity index (χ0v) is 21.0. The van der Waals surface area contributed by atoms with Crippen LogP contribution in [0.25, 0.3) is 0 Å². The number of aromatic nitrogens is 1. The molecule has 2 amide bonds. The average molecular weight is 486 g/mol. The number of nitrogens with zero attached hydrogens (tertiary/aromatic N) is 3. The van der Waals surface area contributed by atoms with Crippen molar-refractivity contribution in [2.24, 2.45) is 5.92 Å². The molecule has 6 heteroatoms. The van der Waals surface area contributed by atoms with Gasteiger partial charge < -0.3 is 14.5 Å². The highest BCUT2D eigenvalue weighted by atomic mass is 16.5. The number of hydrogen-bond acceptors (Lipinski definition) is 4. The van der Waals surface area contributed by atoms with Gasteiger partial charge in [-0.1, -0.05) is 55.5 Å². The Kier molecular flexibility index (Phi) is 9.09. The van der Waals surface area contributed by atoms with Crippen molar-refractivity contribution in [1.29, 1.82) is 0 Å². The van der Waals surface area contributed by atoms with Crippen LogP contribution in [0.5, 0.6) is 5.75 Å². The van der Waals surface area contributed by atoms with Crippen molar-refractivity contribution in [3.05, 3.63) is 95.8 Å². The van der Waals surface area contributed by atoms with E-state index in [-0.39, 0.29) is 17.7 Å². The smallest absolute Gasteiger partial charge is 0.228 e. The summed E-state index contributed by atoms with van der Waals surface area (Å²) in [6.45, 7) is 4.65. The molecule has 1 aromatic heterocycles. The number of likely N-dealkylation sites (tertiary alicyclic amines) is 1. The number of carbonyl (C=O) groups is 2. The number of pyridine rings is 1. The summed E-state index contributed by atoms with van der Waals surface area (Å²) in [6.07, 6.45) is 6.46. The minimum atomic E-state index is -0.204. The lowest BCUT2D eigenvalue weighted by atomic mass is 9.95. The Morgan fingerprint density at radius 2 is 1.72 bits per heavy atom. The first-order chi connectivity index (χ1) is 17.6. The van der Waals surface area contributed by atoms with Gasteiger partial charge in [-0.15, -0.1) is 0 Å². The molecule has 6 nitrogen and oxygen atoms in total.